The van der Waals surface area contributed by atoms with Gasteiger partial charge in [-0.1, -0.05) is 0 Å². The van der Waals surface area contributed by atoms with Crippen LogP contribution < -0.4 is 10.6 Å². The minimum Gasteiger partial charge on any atom is -0.384 e. The van der Waals surface area contributed by atoms with Crippen LogP contribution in [-0.2, 0) is 6.54 Å². The van der Waals surface area contributed by atoms with Crippen LogP contribution in [0.1, 0.15) is 11.3 Å². The van der Waals surface area contributed by atoms with Crippen LogP contribution in [0.3, 0.4) is 0 Å². The standard InChI is InChI=1S/C12H13BrN4S/c1-17(5-9-6-18-7-16-9)11-3-2-8(12(14)15)4-10(11)13/h2-4,6-7H,5H2,1H3,(H3,14,15). The summed E-state index contributed by atoms with van der Waals surface area (Å²) in [5.41, 5.74) is 10.1. The maximum atomic E-state index is 7.40. The second-order valence-corrected chi connectivity index (χ2v) is 5.49. The number of rotatable bonds is 4. The van der Waals surface area contributed by atoms with E-state index in [1.807, 2.05) is 36.1 Å². The number of aromatic nitrogens is 1. The van der Waals surface area contributed by atoms with Crippen molar-refractivity contribution in [2.75, 3.05) is 11.9 Å². The van der Waals surface area contributed by atoms with E-state index in [9.17, 15) is 0 Å². The number of nitrogens with one attached hydrogen (secondary N) is 1. The van der Waals surface area contributed by atoms with Crippen molar-refractivity contribution in [3.63, 3.8) is 0 Å². The summed E-state index contributed by atoms with van der Waals surface area (Å²) in [6.45, 7) is 0.752. The maximum Gasteiger partial charge on any atom is 0.122 e. The highest BCUT2D eigenvalue weighted by atomic mass is 79.9. The Hall–Kier alpha value is -1.40. The largest absolute Gasteiger partial charge is 0.384 e. The fraction of sp³-hybridized carbons (Fsp3) is 0.167. The highest BCUT2D eigenvalue weighted by Crippen LogP contribution is 2.27. The molecule has 18 heavy (non-hydrogen) atoms. The van der Waals surface area contributed by atoms with E-state index in [1.54, 1.807) is 11.3 Å². The van der Waals surface area contributed by atoms with E-state index in [0.29, 0.717) is 5.56 Å². The van der Waals surface area contributed by atoms with Gasteiger partial charge in [0.15, 0.2) is 0 Å². The molecular formula is C12H13BrN4S. The molecule has 0 atom stereocenters. The van der Waals surface area contributed by atoms with E-state index in [4.69, 9.17) is 11.1 Å². The van der Waals surface area contributed by atoms with Crippen molar-refractivity contribution >= 4 is 38.8 Å². The molecule has 1 aromatic carbocycles. The minimum atomic E-state index is 0.0735. The molecule has 0 radical (unpaired) electrons. The van der Waals surface area contributed by atoms with Crippen LogP contribution in [0.25, 0.3) is 0 Å². The van der Waals surface area contributed by atoms with Crippen molar-refractivity contribution in [3.8, 4) is 0 Å². The Balaban J connectivity index is 2.20. The highest BCUT2D eigenvalue weighted by Gasteiger charge is 2.09. The van der Waals surface area contributed by atoms with Gasteiger partial charge in [0.25, 0.3) is 0 Å². The molecule has 0 aliphatic heterocycles. The molecule has 0 spiro atoms. The predicted molar refractivity (Wildman–Crippen MR) is 79.4 cm³/mol. The number of benzene rings is 1. The van der Waals surface area contributed by atoms with Crippen molar-refractivity contribution in [2.24, 2.45) is 5.73 Å². The van der Waals surface area contributed by atoms with E-state index in [-0.39, 0.29) is 5.84 Å². The van der Waals surface area contributed by atoms with Gasteiger partial charge in [-0.25, -0.2) is 4.98 Å². The van der Waals surface area contributed by atoms with E-state index in [2.05, 4.69) is 25.8 Å². The quantitative estimate of drug-likeness (QED) is 0.671. The summed E-state index contributed by atoms with van der Waals surface area (Å²) >= 11 is 5.10. The van der Waals surface area contributed by atoms with E-state index in [1.165, 1.54) is 0 Å². The van der Waals surface area contributed by atoms with Gasteiger partial charge in [-0.05, 0) is 34.1 Å². The van der Waals surface area contributed by atoms with Crippen molar-refractivity contribution in [3.05, 3.63) is 44.8 Å². The molecule has 0 amide bonds. The lowest BCUT2D eigenvalue weighted by atomic mass is 10.2. The van der Waals surface area contributed by atoms with Gasteiger partial charge in [-0.3, -0.25) is 5.41 Å². The van der Waals surface area contributed by atoms with Crippen LogP contribution >= 0.6 is 27.3 Å². The van der Waals surface area contributed by atoms with Crippen molar-refractivity contribution in [2.45, 2.75) is 6.54 Å². The average molecular weight is 325 g/mol. The number of hydrogen-bond acceptors (Lipinski definition) is 4. The first-order valence-electron chi connectivity index (χ1n) is 5.30. The van der Waals surface area contributed by atoms with Gasteiger partial charge in [0.05, 0.1) is 23.4 Å². The third kappa shape index (κ3) is 2.88. The predicted octanol–water partition coefficient (Wildman–Crippen LogP) is 2.83. The molecule has 1 aromatic heterocycles. The number of halogens is 1. The normalized spacial score (nSPS) is 10.3. The molecule has 1 heterocycles. The van der Waals surface area contributed by atoms with Crippen molar-refractivity contribution in [1.29, 1.82) is 5.41 Å². The molecule has 0 unspecified atom stereocenters. The molecule has 4 nitrogen and oxygen atoms in total. The van der Waals surface area contributed by atoms with Crippen LogP contribution in [0.2, 0.25) is 0 Å². The first-order valence-corrected chi connectivity index (χ1v) is 7.03. The van der Waals surface area contributed by atoms with Gasteiger partial charge in [-0.15, -0.1) is 11.3 Å². The molecular weight excluding hydrogens is 312 g/mol. The first kappa shape index (κ1) is 13.0. The molecule has 94 valence electrons. The Labute approximate surface area is 118 Å². The minimum absolute atomic E-state index is 0.0735. The van der Waals surface area contributed by atoms with Gasteiger partial charge in [0.2, 0.25) is 0 Å². The second kappa shape index (κ2) is 5.49. The molecule has 0 fully saturated rings. The van der Waals surface area contributed by atoms with Crippen LogP contribution in [0.4, 0.5) is 5.69 Å². The van der Waals surface area contributed by atoms with Crippen LogP contribution in [0.15, 0.2) is 33.6 Å². The number of nitrogen functional groups attached to an aromatic ring is 1. The summed E-state index contributed by atoms with van der Waals surface area (Å²) in [6, 6.07) is 5.66. The maximum absolute atomic E-state index is 7.40. The lowest BCUT2D eigenvalue weighted by Crippen LogP contribution is -2.18. The topological polar surface area (TPSA) is 66.0 Å². The summed E-state index contributed by atoms with van der Waals surface area (Å²) in [7, 11) is 2.01. The smallest absolute Gasteiger partial charge is 0.122 e. The number of anilines is 1. The molecule has 0 saturated heterocycles. The SMILES string of the molecule is CN(Cc1cscn1)c1ccc(C(=N)N)cc1Br. The molecule has 2 rings (SSSR count). The summed E-state index contributed by atoms with van der Waals surface area (Å²) in [4.78, 5) is 6.36. The van der Waals surface area contributed by atoms with E-state index < -0.39 is 0 Å². The Morgan fingerprint density at radius 3 is 2.89 bits per heavy atom. The summed E-state index contributed by atoms with van der Waals surface area (Å²) in [5, 5.41) is 9.44. The number of amidine groups is 1. The van der Waals surface area contributed by atoms with Crippen LogP contribution in [-0.4, -0.2) is 17.9 Å². The number of thiazole rings is 1. The van der Waals surface area contributed by atoms with Gasteiger partial charge in [0, 0.05) is 22.5 Å². The van der Waals surface area contributed by atoms with E-state index in [0.717, 1.165) is 22.4 Å². The van der Waals surface area contributed by atoms with Crippen LogP contribution in [0, 0.1) is 5.41 Å². The molecule has 0 saturated carbocycles. The number of nitrogens with two attached hydrogens (primary N) is 1. The number of hydrogen-bond donors (Lipinski definition) is 2. The zero-order valence-corrected chi connectivity index (χ0v) is 12.3. The molecule has 6 heteroatoms. The molecule has 0 aliphatic rings. The average Bonchev–Trinajstić information content (AvgIpc) is 2.81. The van der Waals surface area contributed by atoms with Crippen molar-refractivity contribution in [1.82, 2.24) is 4.98 Å². The molecule has 0 aliphatic carbocycles. The van der Waals surface area contributed by atoms with Gasteiger partial charge in [0.1, 0.15) is 5.84 Å². The Kier molecular flexibility index (Phi) is 3.98. The van der Waals surface area contributed by atoms with Crippen molar-refractivity contribution < 1.29 is 0 Å². The zero-order chi connectivity index (χ0) is 13.1. The Morgan fingerprint density at radius 2 is 2.33 bits per heavy atom. The Morgan fingerprint density at radius 1 is 1.56 bits per heavy atom. The third-order valence-corrected chi connectivity index (χ3v) is 3.82. The molecule has 2 aromatic rings. The molecule has 3 N–H and O–H groups in total. The summed E-state index contributed by atoms with van der Waals surface area (Å²) in [6.07, 6.45) is 0. The lowest BCUT2D eigenvalue weighted by Gasteiger charge is -2.20. The second-order valence-electron chi connectivity index (χ2n) is 3.92. The van der Waals surface area contributed by atoms with Gasteiger partial charge < -0.3 is 10.6 Å². The fourth-order valence-electron chi connectivity index (χ4n) is 1.63. The molecule has 0 bridgehead atoms. The third-order valence-electron chi connectivity index (χ3n) is 2.55. The Bertz CT molecular complexity index is 553. The lowest BCUT2D eigenvalue weighted by molar-refractivity contribution is 0.892. The summed E-state index contributed by atoms with van der Waals surface area (Å²) < 4.78 is 0.924. The van der Waals surface area contributed by atoms with Gasteiger partial charge in [-0.2, -0.15) is 0 Å². The van der Waals surface area contributed by atoms with E-state index >= 15 is 0 Å². The zero-order valence-electron chi connectivity index (χ0n) is 9.85. The monoisotopic (exact) mass is 324 g/mol. The number of nitrogens with zero attached hydrogens (tertiary/aromatic N) is 2. The first-order chi connectivity index (χ1) is 8.58. The van der Waals surface area contributed by atoms with Gasteiger partial charge >= 0.3 is 0 Å². The fourth-order valence-corrected chi connectivity index (χ4v) is 2.86. The highest BCUT2D eigenvalue weighted by molar-refractivity contribution is 9.10. The van der Waals surface area contributed by atoms with Crippen LogP contribution in [0.5, 0.6) is 0 Å². The summed E-state index contributed by atoms with van der Waals surface area (Å²) in [5.74, 6) is 0.0735.